The molecule has 35 heavy (non-hydrogen) atoms. The summed E-state index contributed by atoms with van der Waals surface area (Å²) in [4.78, 5) is 31.4. The van der Waals surface area contributed by atoms with Gasteiger partial charge in [-0.15, -0.1) is 10.2 Å². The molecule has 0 radical (unpaired) electrons. The molecule has 0 aliphatic carbocycles. The summed E-state index contributed by atoms with van der Waals surface area (Å²) in [5.74, 6) is 0.700. The molecule has 0 unspecified atom stereocenters. The van der Waals surface area contributed by atoms with Gasteiger partial charge in [0.15, 0.2) is 6.61 Å². The van der Waals surface area contributed by atoms with Crippen LogP contribution in [-0.4, -0.2) is 35.7 Å². The number of carbonyl (C=O) groups is 1. The molecule has 0 aliphatic heterocycles. The topological polar surface area (TPSA) is 131 Å². The van der Waals surface area contributed by atoms with Crippen molar-refractivity contribution in [2.45, 2.75) is 20.5 Å². The lowest BCUT2D eigenvalue weighted by Crippen LogP contribution is -2.23. The van der Waals surface area contributed by atoms with Gasteiger partial charge in [-0.1, -0.05) is 29.1 Å². The van der Waals surface area contributed by atoms with Crippen molar-refractivity contribution in [1.82, 2.24) is 29.8 Å². The Hall–Kier alpha value is -4.86. The number of anilines is 1. The number of ether oxygens (including phenoxy) is 1. The van der Waals surface area contributed by atoms with Crippen LogP contribution in [0.3, 0.4) is 0 Å². The van der Waals surface area contributed by atoms with Crippen molar-refractivity contribution in [3.8, 4) is 11.4 Å². The fourth-order valence-corrected chi connectivity index (χ4v) is 3.77. The van der Waals surface area contributed by atoms with Gasteiger partial charge in [-0.2, -0.15) is 0 Å². The Morgan fingerprint density at radius 2 is 1.77 bits per heavy atom. The number of aromatic nitrogens is 6. The highest BCUT2D eigenvalue weighted by atomic mass is 16.5. The highest BCUT2D eigenvalue weighted by Crippen LogP contribution is 2.24. The molecule has 2 aromatic heterocycles. The van der Waals surface area contributed by atoms with Crippen LogP contribution < -0.4 is 16.0 Å². The SMILES string of the molecule is Cc1ccccc1-n1c(C)nc2c(OCc3nnn(C(=O)c4ccc(N)cc4)n3)cccc2c1=O. The first-order valence-corrected chi connectivity index (χ1v) is 10.8. The second-order valence-electron chi connectivity index (χ2n) is 7.95. The Balaban J connectivity index is 1.42. The van der Waals surface area contributed by atoms with Crippen molar-refractivity contribution < 1.29 is 9.53 Å². The van der Waals surface area contributed by atoms with Crippen molar-refractivity contribution in [2.75, 3.05) is 5.73 Å². The monoisotopic (exact) mass is 467 g/mol. The fourth-order valence-electron chi connectivity index (χ4n) is 3.77. The number of carbonyl (C=O) groups excluding carboxylic acids is 1. The average Bonchev–Trinajstić information content (AvgIpc) is 3.33. The van der Waals surface area contributed by atoms with Crippen molar-refractivity contribution in [1.29, 1.82) is 0 Å². The molecule has 5 rings (SSSR count). The van der Waals surface area contributed by atoms with E-state index in [4.69, 9.17) is 10.5 Å². The van der Waals surface area contributed by atoms with Crippen LogP contribution in [0.25, 0.3) is 16.6 Å². The first-order valence-electron chi connectivity index (χ1n) is 10.8. The number of hydrogen-bond acceptors (Lipinski definition) is 8. The molecule has 0 saturated carbocycles. The van der Waals surface area contributed by atoms with Crippen LogP contribution in [0, 0.1) is 13.8 Å². The van der Waals surface area contributed by atoms with E-state index < -0.39 is 5.91 Å². The van der Waals surface area contributed by atoms with Crippen LogP contribution in [0.2, 0.25) is 0 Å². The summed E-state index contributed by atoms with van der Waals surface area (Å²) in [5.41, 5.74) is 8.58. The third-order valence-electron chi connectivity index (χ3n) is 5.54. The zero-order valence-electron chi connectivity index (χ0n) is 19.0. The first kappa shape index (κ1) is 22.0. The predicted molar refractivity (Wildman–Crippen MR) is 130 cm³/mol. The van der Waals surface area contributed by atoms with Crippen LogP contribution in [0.15, 0.2) is 71.5 Å². The number of fused-ring (bicyclic) bond motifs is 1. The second kappa shape index (κ2) is 8.82. The van der Waals surface area contributed by atoms with Gasteiger partial charge >= 0.3 is 0 Å². The van der Waals surface area contributed by atoms with Crippen LogP contribution in [0.4, 0.5) is 5.69 Å². The number of para-hydroxylation sites is 2. The third-order valence-corrected chi connectivity index (χ3v) is 5.54. The summed E-state index contributed by atoms with van der Waals surface area (Å²) >= 11 is 0. The largest absolute Gasteiger partial charge is 0.483 e. The summed E-state index contributed by atoms with van der Waals surface area (Å²) < 4.78 is 7.48. The van der Waals surface area contributed by atoms with Crippen molar-refractivity contribution in [3.63, 3.8) is 0 Å². The molecule has 3 aromatic carbocycles. The van der Waals surface area contributed by atoms with E-state index in [0.29, 0.717) is 33.7 Å². The Labute approximate surface area is 199 Å². The Kier molecular flexibility index (Phi) is 5.54. The number of nitrogens with two attached hydrogens (primary N) is 1. The average molecular weight is 467 g/mol. The van der Waals surface area contributed by atoms with Gasteiger partial charge in [-0.3, -0.25) is 14.2 Å². The summed E-state index contributed by atoms with van der Waals surface area (Å²) in [6.07, 6.45) is 0. The molecule has 0 atom stereocenters. The smallest absolute Gasteiger partial charge is 0.297 e. The molecule has 10 nitrogen and oxygen atoms in total. The molecular formula is C25H21N7O3. The van der Waals surface area contributed by atoms with Gasteiger partial charge in [0.1, 0.15) is 17.1 Å². The number of nitrogen functional groups attached to an aromatic ring is 1. The lowest BCUT2D eigenvalue weighted by molar-refractivity contribution is 0.0924. The number of tetrazole rings is 1. The molecule has 174 valence electrons. The minimum Gasteiger partial charge on any atom is -0.483 e. The van der Waals surface area contributed by atoms with Gasteiger partial charge in [-0.25, -0.2) is 4.98 Å². The van der Waals surface area contributed by atoms with E-state index in [9.17, 15) is 9.59 Å². The van der Waals surface area contributed by atoms with Gasteiger partial charge in [0.05, 0.1) is 11.1 Å². The van der Waals surface area contributed by atoms with Crippen LogP contribution >= 0.6 is 0 Å². The zero-order valence-corrected chi connectivity index (χ0v) is 19.0. The minimum atomic E-state index is -0.442. The molecule has 0 bridgehead atoms. The standard InChI is InChI=1S/C25H21N7O3/c1-15-6-3-4-8-20(15)31-16(2)27-23-19(25(31)34)7-5-9-21(23)35-14-22-28-30-32(29-22)24(33)17-10-12-18(26)13-11-17/h3-13H,14,26H2,1-2H3. The van der Waals surface area contributed by atoms with E-state index in [0.717, 1.165) is 16.0 Å². The molecule has 0 fully saturated rings. The lowest BCUT2D eigenvalue weighted by Gasteiger charge is -2.14. The summed E-state index contributed by atoms with van der Waals surface area (Å²) in [5, 5.41) is 12.2. The molecule has 0 aliphatic rings. The minimum absolute atomic E-state index is 0.0598. The van der Waals surface area contributed by atoms with E-state index in [2.05, 4.69) is 20.4 Å². The molecule has 2 N–H and O–H groups in total. The Morgan fingerprint density at radius 1 is 1.00 bits per heavy atom. The number of benzene rings is 3. The van der Waals surface area contributed by atoms with Crippen molar-refractivity contribution >= 4 is 22.5 Å². The van der Waals surface area contributed by atoms with Crippen LogP contribution in [0.1, 0.15) is 27.6 Å². The van der Waals surface area contributed by atoms with E-state index in [1.165, 1.54) is 0 Å². The van der Waals surface area contributed by atoms with Crippen molar-refractivity contribution in [2.24, 2.45) is 0 Å². The fraction of sp³-hybridized carbons (Fsp3) is 0.120. The summed E-state index contributed by atoms with van der Waals surface area (Å²) in [7, 11) is 0. The molecule has 0 spiro atoms. The summed E-state index contributed by atoms with van der Waals surface area (Å²) in [6.45, 7) is 3.67. The van der Waals surface area contributed by atoms with Gasteiger partial charge in [-0.05, 0) is 67.1 Å². The Bertz CT molecular complexity index is 1620. The van der Waals surface area contributed by atoms with Crippen molar-refractivity contribution in [3.05, 3.63) is 99.9 Å². The number of rotatable bonds is 5. The molecule has 0 amide bonds. The van der Waals surface area contributed by atoms with Gasteiger partial charge < -0.3 is 10.5 Å². The van der Waals surface area contributed by atoms with E-state index >= 15 is 0 Å². The van der Waals surface area contributed by atoms with Crippen LogP contribution in [-0.2, 0) is 6.61 Å². The third kappa shape index (κ3) is 4.12. The maximum atomic E-state index is 13.3. The van der Waals surface area contributed by atoms with E-state index in [1.807, 2.05) is 31.2 Å². The molecule has 10 heteroatoms. The number of hydrogen-bond donors (Lipinski definition) is 1. The lowest BCUT2D eigenvalue weighted by atomic mass is 10.1. The highest BCUT2D eigenvalue weighted by Gasteiger charge is 2.16. The Morgan fingerprint density at radius 3 is 2.54 bits per heavy atom. The summed E-state index contributed by atoms with van der Waals surface area (Å²) in [6, 6.07) is 19.2. The van der Waals surface area contributed by atoms with E-state index in [1.54, 1.807) is 54.0 Å². The normalized spacial score (nSPS) is 11.0. The predicted octanol–water partition coefficient (Wildman–Crippen LogP) is 2.84. The molecule has 0 saturated heterocycles. The highest BCUT2D eigenvalue weighted by molar-refractivity contribution is 5.94. The van der Waals surface area contributed by atoms with Crippen LogP contribution in [0.5, 0.6) is 5.75 Å². The number of aryl methyl sites for hydroxylation is 2. The first-order chi connectivity index (χ1) is 16.9. The maximum absolute atomic E-state index is 13.3. The molecule has 2 heterocycles. The quantitative estimate of drug-likeness (QED) is 0.391. The number of nitrogens with zero attached hydrogens (tertiary/aromatic N) is 6. The molecular weight excluding hydrogens is 446 g/mol. The van der Waals surface area contributed by atoms with E-state index in [-0.39, 0.29) is 18.0 Å². The zero-order chi connectivity index (χ0) is 24.5. The van der Waals surface area contributed by atoms with Gasteiger partial charge in [0, 0.05) is 11.3 Å². The second-order valence-corrected chi connectivity index (χ2v) is 7.95. The van der Waals surface area contributed by atoms with Gasteiger partial charge in [0.2, 0.25) is 5.82 Å². The molecule has 5 aromatic rings. The maximum Gasteiger partial charge on any atom is 0.297 e. The van der Waals surface area contributed by atoms with Gasteiger partial charge in [0.25, 0.3) is 11.5 Å².